The molecule has 0 saturated carbocycles. The summed E-state index contributed by atoms with van der Waals surface area (Å²) in [5, 5.41) is 3.20. The minimum atomic E-state index is -3.41. The van der Waals surface area contributed by atoms with Crippen molar-refractivity contribution >= 4 is 21.5 Å². The van der Waals surface area contributed by atoms with Gasteiger partial charge in [0.1, 0.15) is 0 Å². The fourth-order valence-corrected chi connectivity index (χ4v) is 4.56. The molecule has 2 rings (SSSR count). The summed E-state index contributed by atoms with van der Waals surface area (Å²) in [6.07, 6.45) is 2.34. The van der Waals surface area contributed by atoms with Gasteiger partial charge in [-0.1, -0.05) is 57.2 Å². The van der Waals surface area contributed by atoms with E-state index < -0.39 is 15.9 Å². The van der Waals surface area contributed by atoms with Crippen molar-refractivity contribution in [2.24, 2.45) is 10.7 Å². The molecule has 0 saturated heterocycles. The van der Waals surface area contributed by atoms with E-state index in [1.807, 2.05) is 13.0 Å². The van der Waals surface area contributed by atoms with Crippen LogP contribution >= 0.6 is 0 Å². The number of sulfone groups is 1. The highest BCUT2D eigenvalue weighted by atomic mass is 32.2. The number of benzene rings is 2. The molecule has 27 heavy (non-hydrogen) atoms. The molecule has 2 aromatic carbocycles. The van der Waals surface area contributed by atoms with E-state index in [4.69, 9.17) is 5.73 Å². The lowest BCUT2D eigenvalue weighted by Crippen LogP contribution is -2.29. The third kappa shape index (κ3) is 5.57. The maximum atomic E-state index is 12.6. The molecule has 0 fully saturated rings. The predicted molar refractivity (Wildman–Crippen MR) is 113 cm³/mol. The van der Waals surface area contributed by atoms with Crippen LogP contribution in [0.5, 0.6) is 0 Å². The molecule has 1 unspecified atom stereocenters. The van der Waals surface area contributed by atoms with Gasteiger partial charge in [-0.15, -0.1) is 0 Å². The van der Waals surface area contributed by atoms with Gasteiger partial charge in [-0.05, 0) is 42.5 Å². The average molecular weight is 388 g/mol. The number of nitrogens with one attached hydrogen (secondary N) is 1. The molecule has 3 N–H and O–H groups in total. The lowest BCUT2D eigenvalue weighted by Gasteiger charge is -2.17. The van der Waals surface area contributed by atoms with Gasteiger partial charge in [0.25, 0.3) is 0 Å². The first-order valence-electron chi connectivity index (χ1n) is 9.40. The molecule has 0 aromatic heterocycles. The Kier molecular flexibility index (Phi) is 7.42. The average Bonchev–Trinajstić information content (AvgIpc) is 2.68. The lowest BCUT2D eigenvalue weighted by atomic mass is 10.0. The second kappa shape index (κ2) is 9.55. The zero-order valence-electron chi connectivity index (χ0n) is 16.3. The Labute approximate surface area is 162 Å². The Bertz CT molecular complexity index is 855. The van der Waals surface area contributed by atoms with Crippen molar-refractivity contribution in [3.63, 3.8) is 0 Å². The molecule has 6 heteroatoms. The van der Waals surface area contributed by atoms with E-state index in [2.05, 4.69) is 36.3 Å². The van der Waals surface area contributed by atoms with Crippen LogP contribution in [0.25, 0.3) is 0 Å². The number of rotatable bonds is 8. The van der Waals surface area contributed by atoms with Crippen LogP contribution in [-0.2, 0) is 22.7 Å². The van der Waals surface area contributed by atoms with Crippen LogP contribution in [0.15, 0.2) is 58.4 Å². The largest absolute Gasteiger partial charge is 0.370 e. The molecule has 0 heterocycles. The van der Waals surface area contributed by atoms with Crippen LogP contribution < -0.4 is 11.1 Å². The number of nitrogens with two attached hydrogens (primary N) is 1. The maximum absolute atomic E-state index is 12.6. The number of hydrogen-bond acceptors (Lipinski definition) is 3. The first kappa shape index (κ1) is 21.0. The first-order valence-corrected chi connectivity index (χ1v) is 11.0. The molecule has 0 aliphatic heterocycles. The van der Waals surface area contributed by atoms with Crippen LogP contribution in [0.2, 0.25) is 0 Å². The fraction of sp³-hybridized carbons (Fsp3) is 0.381. The third-order valence-electron chi connectivity index (χ3n) is 4.56. The van der Waals surface area contributed by atoms with Gasteiger partial charge < -0.3 is 11.1 Å². The van der Waals surface area contributed by atoms with Crippen LogP contribution in [0.3, 0.4) is 0 Å². The van der Waals surface area contributed by atoms with E-state index in [1.54, 1.807) is 30.3 Å². The lowest BCUT2D eigenvalue weighted by molar-refractivity contribution is 0.584. The normalized spacial score (nSPS) is 13.4. The molecule has 0 aliphatic rings. The van der Waals surface area contributed by atoms with Crippen molar-refractivity contribution in [3.05, 3.63) is 59.7 Å². The molecule has 0 spiro atoms. The number of nitrogens with zero attached hydrogens (tertiary/aromatic N) is 1. The first-order chi connectivity index (χ1) is 12.9. The Balaban J connectivity index is 2.21. The van der Waals surface area contributed by atoms with Crippen LogP contribution in [0.4, 0.5) is 5.69 Å². The molecular formula is C21H29N3O2S. The molecule has 1 atom stereocenters. The SMILES string of the molecule is CCc1cccc(CC)c1NC(N)=NC(CC)CS(=O)(=O)c1ccccc1. The highest BCUT2D eigenvalue weighted by Crippen LogP contribution is 2.22. The summed E-state index contributed by atoms with van der Waals surface area (Å²) in [6, 6.07) is 14.2. The van der Waals surface area contributed by atoms with E-state index in [9.17, 15) is 8.42 Å². The highest BCUT2D eigenvalue weighted by Gasteiger charge is 2.20. The molecule has 146 valence electrons. The number of guanidine groups is 1. The van der Waals surface area contributed by atoms with E-state index in [1.165, 1.54) is 0 Å². The predicted octanol–water partition coefficient (Wildman–Crippen LogP) is 3.79. The second-order valence-corrected chi connectivity index (χ2v) is 8.49. The van der Waals surface area contributed by atoms with Gasteiger partial charge in [-0.3, -0.25) is 0 Å². The summed E-state index contributed by atoms with van der Waals surface area (Å²) in [4.78, 5) is 4.77. The van der Waals surface area contributed by atoms with Gasteiger partial charge in [0.05, 0.1) is 16.7 Å². The van der Waals surface area contributed by atoms with E-state index in [0.717, 1.165) is 29.7 Å². The fourth-order valence-electron chi connectivity index (χ4n) is 2.98. The van der Waals surface area contributed by atoms with Crippen molar-refractivity contribution in [3.8, 4) is 0 Å². The molecule has 0 bridgehead atoms. The van der Waals surface area contributed by atoms with E-state index >= 15 is 0 Å². The Morgan fingerprint density at radius 2 is 1.59 bits per heavy atom. The summed E-state index contributed by atoms with van der Waals surface area (Å²) >= 11 is 0. The van der Waals surface area contributed by atoms with Gasteiger partial charge in [-0.25, -0.2) is 13.4 Å². The smallest absolute Gasteiger partial charge is 0.193 e. The summed E-state index contributed by atoms with van der Waals surface area (Å²) in [5.41, 5.74) is 9.44. The monoisotopic (exact) mass is 387 g/mol. The number of para-hydroxylation sites is 1. The van der Waals surface area contributed by atoms with Crippen LogP contribution in [-0.4, -0.2) is 26.2 Å². The summed E-state index contributed by atoms with van der Waals surface area (Å²) < 4.78 is 25.2. The second-order valence-electron chi connectivity index (χ2n) is 6.45. The maximum Gasteiger partial charge on any atom is 0.193 e. The van der Waals surface area contributed by atoms with E-state index in [0.29, 0.717) is 11.3 Å². The van der Waals surface area contributed by atoms with Crippen molar-refractivity contribution in [1.29, 1.82) is 0 Å². The van der Waals surface area contributed by atoms with Crippen LogP contribution in [0, 0.1) is 0 Å². The summed E-state index contributed by atoms with van der Waals surface area (Å²) in [6.45, 7) is 6.10. The topological polar surface area (TPSA) is 84.5 Å². The Morgan fingerprint density at radius 3 is 2.11 bits per heavy atom. The summed E-state index contributed by atoms with van der Waals surface area (Å²) in [5.74, 6) is 0.187. The van der Waals surface area contributed by atoms with Gasteiger partial charge in [-0.2, -0.15) is 0 Å². The zero-order chi connectivity index (χ0) is 19.9. The molecular weight excluding hydrogens is 358 g/mol. The molecule has 0 amide bonds. The van der Waals surface area contributed by atoms with Crippen molar-refractivity contribution < 1.29 is 8.42 Å². The van der Waals surface area contributed by atoms with E-state index in [-0.39, 0.29) is 11.7 Å². The molecule has 5 nitrogen and oxygen atoms in total. The van der Waals surface area contributed by atoms with Crippen molar-refractivity contribution in [2.75, 3.05) is 11.1 Å². The minimum Gasteiger partial charge on any atom is -0.370 e. The van der Waals surface area contributed by atoms with Crippen molar-refractivity contribution in [1.82, 2.24) is 0 Å². The van der Waals surface area contributed by atoms with Gasteiger partial charge >= 0.3 is 0 Å². The zero-order valence-corrected chi connectivity index (χ0v) is 17.1. The van der Waals surface area contributed by atoms with Gasteiger partial charge in [0, 0.05) is 5.69 Å². The highest BCUT2D eigenvalue weighted by molar-refractivity contribution is 7.91. The van der Waals surface area contributed by atoms with Gasteiger partial charge in [0.2, 0.25) is 0 Å². The number of aliphatic imine (C=N–C) groups is 1. The number of hydrogen-bond donors (Lipinski definition) is 2. The van der Waals surface area contributed by atoms with Crippen LogP contribution in [0.1, 0.15) is 38.3 Å². The minimum absolute atomic E-state index is 0.0635. The molecule has 0 radical (unpaired) electrons. The standard InChI is InChI=1S/C21H29N3O2S/c1-4-16-11-10-12-17(5-2)20(16)24-21(22)23-18(6-3)15-27(25,26)19-13-8-7-9-14-19/h7-14,18H,4-6,15H2,1-3H3,(H3,22,23,24). The molecule has 2 aromatic rings. The number of anilines is 1. The number of aryl methyl sites for hydroxylation is 2. The third-order valence-corrected chi connectivity index (χ3v) is 6.37. The molecule has 0 aliphatic carbocycles. The quantitative estimate of drug-likeness (QED) is 0.533. The Morgan fingerprint density at radius 1 is 1.00 bits per heavy atom. The van der Waals surface area contributed by atoms with Gasteiger partial charge in [0.15, 0.2) is 15.8 Å². The summed E-state index contributed by atoms with van der Waals surface area (Å²) in [7, 11) is -3.41. The van der Waals surface area contributed by atoms with Crippen molar-refractivity contribution in [2.45, 2.75) is 51.0 Å². The Hall–Kier alpha value is -2.34.